The molecule has 150 valence electrons. The highest BCUT2D eigenvalue weighted by Crippen LogP contribution is 2.31. The molecule has 7 heteroatoms. The maximum Gasteiger partial charge on any atom is 0.254 e. The number of amides is 1. The Bertz CT molecular complexity index is 1200. The maximum atomic E-state index is 13.2. The fourth-order valence-electron chi connectivity index (χ4n) is 3.71. The van der Waals surface area contributed by atoms with Crippen LogP contribution in [0, 0.1) is 0 Å². The number of fused-ring (bicyclic) bond motifs is 1. The molecule has 0 atom stereocenters. The third-order valence-corrected chi connectivity index (χ3v) is 5.39. The molecule has 0 radical (unpaired) electrons. The minimum Gasteiger partial charge on any atom is -0.395 e. The van der Waals surface area contributed by atoms with Crippen molar-refractivity contribution in [3.63, 3.8) is 0 Å². The van der Waals surface area contributed by atoms with Crippen molar-refractivity contribution in [3.05, 3.63) is 72.9 Å². The normalized spacial score (nSPS) is 13.5. The summed E-state index contributed by atoms with van der Waals surface area (Å²) in [6.07, 6.45) is 10.9. The summed E-state index contributed by atoms with van der Waals surface area (Å²) in [5.74, 6) is -0.0536. The lowest BCUT2D eigenvalue weighted by Crippen LogP contribution is -2.35. The number of nitrogens with zero attached hydrogens (tertiary/aromatic N) is 5. The Labute approximate surface area is 173 Å². The summed E-state index contributed by atoms with van der Waals surface area (Å²) < 4.78 is 1.78. The van der Waals surface area contributed by atoms with Gasteiger partial charge in [0, 0.05) is 42.1 Å². The van der Waals surface area contributed by atoms with E-state index in [2.05, 4.69) is 15.1 Å². The molecule has 0 bridgehead atoms. The molecule has 1 amide bonds. The number of aliphatic hydroxyl groups is 1. The van der Waals surface area contributed by atoms with Gasteiger partial charge in [-0.25, -0.2) is 4.68 Å². The van der Waals surface area contributed by atoms with Crippen LogP contribution in [0.2, 0.25) is 0 Å². The maximum absolute atomic E-state index is 13.2. The van der Waals surface area contributed by atoms with Gasteiger partial charge in [-0.2, -0.15) is 5.10 Å². The van der Waals surface area contributed by atoms with E-state index in [4.69, 9.17) is 0 Å². The molecule has 3 aromatic heterocycles. The average Bonchev–Trinajstić information content (AvgIpc) is 3.52. The van der Waals surface area contributed by atoms with Gasteiger partial charge in [-0.3, -0.25) is 14.8 Å². The number of hydrogen-bond donors (Lipinski definition) is 1. The van der Waals surface area contributed by atoms with E-state index in [9.17, 15) is 9.90 Å². The van der Waals surface area contributed by atoms with Crippen molar-refractivity contribution in [2.45, 2.75) is 18.9 Å². The lowest BCUT2D eigenvalue weighted by Gasteiger charge is -2.22. The largest absolute Gasteiger partial charge is 0.395 e. The third kappa shape index (κ3) is 3.44. The van der Waals surface area contributed by atoms with E-state index < -0.39 is 0 Å². The van der Waals surface area contributed by atoms with Crippen LogP contribution in [0.5, 0.6) is 0 Å². The Hall–Kier alpha value is -3.58. The van der Waals surface area contributed by atoms with Gasteiger partial charge in [-0.05, 0) is 48.7 Å². The molecular formula is C23H21N5O2. The minimum absolute atomic E-state index is 0.0377. The standard InChI is InChI=1S/C23H21N5O2/c29-11-10-27(18-4-5-18)23(30)20-7-9-25-22-6-3-16(12-21(20)22)17-13-26-28(15-17)19-2-1-8-24-14-19/h1-3,6-9,12-15,18,29H,4-5,10-11H2. The highest BCUT2D eigenvalue weighted by atomic mass is 16.3. The topological polar surface area (TPSA) is 84.1 Å². The number of carbonyl (C=O) groups is 1. The second-order valence-corrected chi connectivity index (χ2v) is 7.43. The Morgan fingerprint density at radius 2 is 2.03 bits per heavy atom. The van der Waals surface area contributed by atoms with Crippen LogP contribution in [0.15, 0.2) is 67.4 Å². The van der Waals surface area contributed by atoms with E-state index in [0.29, 0.717) is 12.1 Å². The summed E-state index contributed by atoms with van der Waals surface area (Å²) in [4.78, 5) is 23.6. The zero-order chi connectivity index (χ0) is 20.5. The quantitative estimate of drug-likeness (QED) is 0.539. The van der Waals surface area contributed by atoms with Crippen LogP contribution < -0.4 is 0 Å². The molecule has 4 aromatic rings. The average molecular weight is 399 g/mol. The van der Waals surface area contributed by atoms with Crippen LogP contribution in [0.25, 0.3) is 27.7 Å². The van der Waals surface area contributed by atoms with Gasteiger partial charge in [0.05, 0.1) is 35.8 Å². The predicted octanol–water partition coefficient (Wildman–Crippen LogP) is 3.08. The monoisotopic (exact) mass is 399 g/mol. The van der Waals surface area contributed by atoms with Crippen molar-refractivity contribution in [3.8, 4) is 16.8 Å². The second kappa shape index (κ2) is 7.68. The highest BCUT2D eigenvalue weighted by Gasteiger charge is 2.33. The summed E-state index contributed by atoms with van der Waals surface area (Å²) in [5.41, 5.74) is 4.16. The lowest BCUT2D eigenvalue weighted by atomic mass is 10.0. The van der Waals surface area contributed by atoms with Gasteiger partial charge in [-0.1, -0.05) is 6.07 Å². The molecule has 1 fully saturated rings. The van der Waals surface area contributed by atoms with Gasteiger partial charge in [0.15, 0.2) is 0 Å². The van der Waals surface area contributed by atoms with Gasteiger partial charge < -0.3 is 10.0 Å². The van der Waals surface area contributed by atoms with Crippen molar-refractivity contribution in [2.75, 3.05) is 13.2 Å². The van der Waals surface area contributed by atoms with Gasteiger partial charge in [0.1, 0.15) is 0 Å². The zero-order valence-electron chi connectivity index (χ0n) is 16.3. The second-order valence-electron chi connectivity index (χ2n) is 7.43. The molecule has 1 N–H and O–H groups in total. The molecule has 1 aliphatic rings. The van der Waals surface area contributed by atoms with Crippen molar-refractivity contribution in [2.24, 2.45) is 0 Å². The van der Waals surface area contributed by atoms with Crippen molar-refractivity contribution in [1.82, 2.24) is 24.6 Å². The smallest absolute Gasteiger partial charge is 0.254 e. The van der Waals surface area contributed by atoms with E-state index in [-0.39, 0.29) is 18.6 Å². The number of aliphatic hydroxyl groups excluding tert-OH is 1. The van der Waals surface area contributed by atoms with E-state index >= 15 is 0 Å². The van der Waals surface area contributed by atoms with Crippen molar-refractivity contribution < 1.29 is 9.90 Å². The molecule has 7 nitrogen and oxygen atoms in total. The summed E-state index contributed by atoms with van der Waals surface area (Å²) in [6, 6.07) is 11.7. The first kappa shape index (κ1) is 18.4. The van der Waals surface area contributed by atoms with Crippen LogP contribution in [0.3, 0.4) is 0 Å². The molecule has 0 spiro atoms. The van der Waals surface area contributed by atoms with E-state index in [1.165, 1.54) is 0 Å². The van der Waals surface area contributed by atoms with Crippen molar-refractivity contribution in [1.29, 1.82) is 0 Å². The molecular weight excluding hydrogens is 378 g/mol. The number of benzene rings is 1. The fourth-order valence-corrected chi connectivity index (χ4v) is 3.71. The van der Waals surface area contributed by atoms with Crippen molar-refractivity contribution >= 4 is 16.8 Å². The third-order valence-electron chi connectivity index (χ3n) is 5.39. The molecule has 3 heterocycles. The number of rotatable bonds is 6. The Balaban J connectivity index is 1.53. The van der Waals surface area contributed by atoms with Crippen LogP contribution in [0.1, 0.15) is 23.2 Å². The Kier molecular flexibility index (Phi) is 4.72. The van der Waals surface area contributed by atoms with Gasteiger partial charge in [0.25, 0.3) is 5.91 Å². The Morgan fingerprint density at radius 1 is 1.13 bits per heavy atom. The molecule has 1 aromatic carbocycles. The van der Waals surface area contributed by atoms with E-state index in [1.807, 2.05) is 36.5 Å². The van der Waals surface area contributed by atoms with Crippen LogP contribution >= 0.6 is 0 Å². The first-order valence-corrected chi connectivity index (χ1v) is 10.0. The number of hydrogen-bond acceptors (Lipinski definition) is 5. The predicted molar refractivity (Wildman–Crippen MR) is 113 cm³/mol. The summed E-state index contributed by atoms with van der Waals surface area (Å²) >= 11 is 0. The molecule has 1 saturated carbocycles. The number of carbonyl (C=O) groups excluding carboxylic acids is 1. The van der Waals surface area contributed by atoms with Gasteiger partial charge in [-0.15, -0.1) is 0 Å². The summed E-state index contributed by atoms with van der Waals surface area (Å²) in [5, 5.41) is 14.6. The first-order chi connectivity index (χ1) is 14.7. The van der Waals surface area contributed by atoms with Crippen LogP contribution in [0.4, 0.5) is 0 Å². The van der Waals surface area contributed by atoms with Crippen LogP contribution in [-0.2, 0) is 0 Å². The summed E-state index contributed by atoms with van der Waals surface area (Å²) in [7, 11) is 0. The van der Waals surface area contributed by atoms with E-state index in [1.54, 1.807) is 40.4 Å². The molecule has 0 saturated heterocycles. The Morgan fingerprint density at radius 3 is 2.80 bits per heavy atom. The number of pyridine rings is 2. The molecule has 0 unspecified atom stereocenters. The zero-order valence-corrected chi connectivity index (χ0v) is 16.3. The first-order valence-electron chi connectivity index (χ1n) is 10.0. The number of aromatic nitrogens is 4. The van der Waals surface area contributed by atoms with Crippen LogP contribution in [-0.4, -0.2) is 54.9 Å². The van der Waals surface area contributed by atoms with E-state index in [0.717, 1.165) is 40.6 Å². The SMILES string of the molecule is O=C(c1ccnc2ccc(-c3cnn(-c4cccnc4)c3)cc12)N(CCO)C1CC1. The highest BCUT2D eigenvalue weighted by molar-refractivity contribution is 6.07. The molecule has 0 aliphatic heterocycles. The van der Waals surface area contributed by atoms with Gasteiger partial charge >= 0.3 is 0 Å². The lowest BCUT2D eigenvalue weighted by molar-refractivity contribution is 0.0709. The molecule has 1 aliphatic carbocycles. The fraction of sp³-hybridized carbons (Fsp3) is 0.217. The molecule has 30 heavy (non-hydrogen) atoms. The molecule has 5 rings (SSSR count). The van der Waals surface area contributed by atoms with Gasteiger partial charge in [0.2, 0.25) is 0 Å². The minimum atomic E-state index is -0.0536. The summed E-state index contributed by atoms with van der Waals surface area (Å²) in [6.45, 7) is 0.314.